The van der Waals surface area contributed by atoms with Crippen molar-refractivity contribution in [3.8, 4) is 0 Å². The van der Waals surface area contributed by atoms with Crippen LogP contribution in [0.4, 0.5) is 13.2 Å². The highest BCUT2D eigenvalue weighted by Crippen LogP contribution is 2.40. The molecule has 24 nitrogen and oxygen atoms in total. The number of likely N-dealkylation sites (N-methyl/N-ethyl adjacent to an activating group) is 7. The first kappa shape index (κ1) is 77.7. The summed E-state index contributed by atoms with van der Waals surface area (Å²) in [6, 6.07) is -4.41. The molecule has 5 aliphatic rings. The van der Waals surface area contributed by atoms with Crippen LogP contribution in [0.15, 0.2) is 30.0 Å². The summed E-state index contributed by atoms with van der Waals surface area (Å²) in [6.45, 7) is 9.68. The summed E-state index contributed by atoms with van der Waals surface area (Å²) in [4.78, 5) is 187. The molecular weight excluding hydrogens is 1270 g/mol. The fourth-order valence-corrected chi connectivity index (χ4v) is 13.8. The number of hydrogen-bond donors (Lipinski definition) is 3. The zero-order valence-electron chi connectivity index (χ0n) is 58.3. The average Bonchev–Trinajstić information content (AvgIpc) is 1.58. The third-order valence-electron chi connectivity index (χ3n) is 19.8. The second-order valence-electron chi connectivity index (χ2n) is 28.0. The normalized spacial score (nSPS) is 25.9. The molecule has 3 aliphatic heterocycles. The van der Waals surface area contributed by atoms with Gasteiger partial charge in [0.1, 0.15) is 47.5 Å². The zero-order chi connectivity index (χ0) is 71.4. The monoisotopic (exact) mass is 1370 g/mol. The van der Waals surface area contributed by atoms with E-state index >= 15 is 4.79 Å². The van der Waals surface area contributed by atoms with Crippen molar-refractivity contribution in [1.82, 2.24) is 60.0 Å². The molecule has 3 N–H and O–H groups in total. The van der Waals surface area contributed by atoms with E-state index in [4.69, 9.17) is 11.6 Å². The van der Waals surface area contributed by atoms with Gasteiger partial charge in [-0.25, -0.2) is 0 Å². The van der Waals surface area contributed by atoms with Crippen LogP contribution in [0, 0.1) is 23.7 Å². The molecule has 534 valence electrons. The molecule has 1 spiro atoms. The lowest BCUT2D eigenvalue weighted by molar-refractivity contribution is -0.155. The van der Waals surface area contributed by atoms with Crippen LogP contribution in [0.25, 0.3) is 0 Å². The minimum Gasteiger partial charge on any atom is -0.342 e. The third-order valence-corrected chi connectivity index (χ3v) is 20.2. The van der Waals surface area contributed by atoms with Crippen molar-refractivity contribution >= 4 is 82.5 Å². The van der Waals surface area contributed by atoms with Crippen molar-refractivity contribution < 1.29 is 70.7 Å². The number of rotatable bonds is 10. The minimum atomic E-state index is -4.77. The number of hydrogen-bond acceptors (Lipinski definition) is 12. The zero-order valence-corrected chi connectivity index (χ0v) is 59.0. The average molecular weight is 1370 g/mol. The van der Waals surface area contributed by atoms with Gasteiger partial charge in [-0.1, -0.05) is 104 Å². The molecule has 2 aliphatic carbocycles. The van der Waals surface area contributed by atoms with Gasteiger partial charge in [0, 0.05) is 69.0 Å². The van der Waals surface area contributed by atoms with E-state index in [0.717, 1.165) is 71.4 Å². The van der Waals surface area contributed by atoms with Gasteiger partial charge < -0.3 is 60.0 Å². The highest BCUT2D eigenvalue weighted by atomic mass is 35.5. The van der Waals surface area contributed by atoms with Gasteiger partial charge in [0.05, 0.1) is 36.6 Å². The lowest BCUT2D eigenvalue weighted by Gasteiger charge is -2.40. The van der Waals surface area contributed by atoms with Gasteiger partial charge in [0.25, 0.3) is 5.91 Å². The van der Waals surface area contributed by atoms with Crippen molar-refractivity contribution in [1.29, 1.82) is 0 Å². The van der Waals surface area contributed by atoms with Gasteiger partial charge >= 0.3 is 6.18 Å². The van der Waals surface area contributed by atoms with Crippen molar-refractivity contribution in [3.63, 3.8) is 0 Å². The predicted octanol–water partition coefficient (Wildman–Crippen LogP) is 4.84. The number of nitrogens with zero attached hydrogens (tertiary/aromatic N) is 9. The molecule has 12 amide bonds. The third kappa shape index (κ3) is 19.5. The number of nitrogens with one attached hydrogen (secondary N) is 3. The summed E-state index contributed by atoms with van der Waals surface area (Å²) in [5.74, 6) is -9.51. The molecule has 1 aromatic rings. The Kier molecular flexibility index (Phi) is 27.3. The summed E-state index contributed by atoms with van der Waals surface area (Å²) in [7, 11) is 9.74. The quantitative estimate of drug-likeness (QED) is 0.266. The smallest absolute Gasteiger partial charge is 0.342 e. The Balaban J connectivity index is 1.41. The van der Waals surface area contributed by atoms with Crippen LogP contribution in [0.1, 0.15) is 155 Å². The highest BCUT2D eigenvalue weighted by Gasteiger charge is 2.56. The number of alkyl halides is 3. The Hall–Kier alpha value is -7.32. The van der Waals surface area contributed by atoms with E-state index in [0.29, 0.717) is 38.8 Å². The van der Waals surface area contributed by atoms with E-state index < -0.39 is 167 Å². The number of likely N-dealkylation sites (tertiary alicyclic amines) is 1. The van der Waals surface area contributed by atoms with Crippen molar-refractivity contribution in [2.24, 2.45) is 23.7 Å². The van der Waals surface area contributed by atoms with E-state index in [1.807, 2.05) is 20.8 Å². The molecular formula is C68H102ClF3N12O12. The van der Waals surface area contributed by atoms with E-state index in [1.54, 1.807) is 25.7 Å². The molecule has 96 heavy (non-hydrogen) atoms. The van der Waals surface area contributed by atoms with E-state index in [-0.39, 0.29) is 68.2 Å². The minimum absolute atomic E-state index is 0.00948. The molecule has 0 bridgehead atoms. The van der Waals surface area contributed by atoms with Crippen LogP contribution in [0.2, 0.25) is 5.02 Å². The molecule has 3 saturated heterocycles. The van der Waals surface area contributed by atoms with Crippen molar-refractivity contribution in [2.75, 3.05) is 88.6 Å². The number of piperidine rings is 1. The number of amides is 12. The SMILES string of the molecule is CC[C@H](C)[C@@H]1NC(=O)[C@H](CC(C)C)N(C)C(=O)C[C@@H](C(=O)N2CCCCC2)N(C)C(=O)[C@H](C(C)C)N(C)C(=O)C2(CC2)NC(=O)[C@@H]2CCCN2C(=O)/C(=C\Cc2ccc(C(F)(F)F)c(Cl)c2)NC(=O)CN(C)C(=O)[C@H](CC2CCCCC2)N(C)C(=O)CN(C)C(=O)CN(C)C1=O. The molecule has 28 heteroatoms. The lowest BCUT2D eigenvalue weighted by atomic mass is 9.84. The van der Waals surface area contributed by atoms with Crippen LogP contribution in [0.5, 0.6) is 0 Å². The van der Waals surface area contributed by atoms with Crippen LogP contribution in [-0.4, -0.2) is 245 Å². The van der Waals surface area contributed by atoms with Gasteiger partial charge in [-0.15, -0.1) is 0 Å². The first-order valence-corrected chi connectivity index (χ1v) is 34.3. The van der Waals surface area contributed by atoms with Crippen LogP contribution in [0.3, 0.4) is 0 Å². The Morgan fingerprint density at radius 1 is 0.677 bits per heavy atom. The second kappa shape index (κ2) is 33.8. The molecule has 2 saturated carbocycles. The summed E-state index contributed by atoms with van der Waals surface area (Å²) in [5, 5.41) is 7.74. The summed E-state index contributed by atoms with van der Waals surface area (Å²) < 4.78 is 41.3. The number of fused-ring (bicyclic) bond motifs is 1. The van der Waals surface area contributed by atoms with Gasteiger partial charge in [-0.3, -0.25) is 57.5 Å². The molecule has 5 fully saturated rings. The van der Waals surface area contributed by atoms with Crippen LogP contribution < -0.4 is 16.0 Å². The number of carbonyl (C=O) groups excluding carboxylic acids is 12. The van der Waals surface area contributed by atoms with Gasteiger partial charge in [0.2, 0.25) is 65.0 Å². The lowest BCUT2D eigenvalue weighted by Crippen LogP contribution is -2.61. The van der Waals surface area contributed by atoms with Crippen LogP contribution >= 0.6 is 11.6 Å². The standard InChI is InChI=1S/C68H102ClF3N12O12/c1-14-43(6)57-64(94)78(9)39-55(87)76(7)40-56(88)80(11)51(36-44-22-17-15-18-23-44)62(92)77(8)38-53(85)73-48(28-26-45-25-27-46(47(69)35-45)68(70,71)72)61(91)84-33-21-24-49(84)60(90)75-67(29-30-67)66(96)82(13)58(42(4)5)65(95)81(12)52(63(93)83-31-19-16-20-32-83)37-54(86)79(10)50(34-41(2)3)59(89)74-57/h25,27-28,35,41-44,49-52,57-58H,14-24,26,29-34,36-40H2,1-13H3,(H,73,85)(H,74,89)(H,75,90)/b48-28+/t43-,49-,50-,51-,52-,57-,58-/m0/s1. The van der Waals surface area contributed by atoms with E-state index in [9.17, 15) is 65.9 Å². The maximum absolute atomic E-state index is 15.2. The molecule has 0 aromatic heterocycles. The van der Waals surface area contributed by atoms with Crippen molar-refractivity contribution in [3.05, 3.63) is 46.1 Å². The molecule has 0 unspecified atom stereocenters. The largest absolute Gasteiger partial charge is 0.417 e. The first-order chi connectivity index (χ1) is 45.0. The molecule has 0 radical (unpaired) electrons. The van der Waals surface area contributed by atoms with Gasteiger partial charge in [-0.2, -0.15) is 13.2 Å². The van der Waals surface area contributed by atoms with E-state index in [2.05, 4.69) is 16.0 Å². The van der Waals surface area contributed by atoms with Gasteiger partial charge in [-0.05, 0) is 106 Å². The molecule has 1 aromatic carbocycles. The Morgan fingerprint density at radius 3 is 1.86 bits per heavy atom. The molecule has 7 atom stereocenters. The highest BCUT2D eigenvalue weighted by molar-refractivity contribution is 6.31. The topological polar surface area (TPSA) is 270 Å². The molecule has 3 heterocycles. The summed E-state index contributed by atoms with van der Waals surface area (Å²) >= 11 is 6.10. The first-order valence-electron chi connectivity index (χ1n) is 33.9. The van der Waals surface area contributed by atoms with E-state index in [1.165, 1.54) is 79.9 Å². The second-order valence-corrected chi connectivity index (χ2v) is 28.4. The molecule has 6 rings (SSSR count). The fraction of sp³-hybridized carbons (Fsp3) is 0.706. The maximum atomic E-state index is 15.2. The summed E-state index contributed by atoms with van der Waals surface area (Å²) in [6.07, 6.45) is 3.62. The van der Waals surface area contributed by atoms with Crippen LogP contribution in [-0.2, 0) is 70.1 Å². The Bertz CT molecular complexity index is 3080. The maximum Gasteiger partial charge on any atom is 0.417 e. The number of carbonyl (C=O) groups is 12. The fourth-order valence-electron chi connectivity index (χ4n) is 13.5. The van der Waals surface area contributed by atoms with Crippen molar-refractivity contribution in [2.45, 2.75) is 199 Å². The Labute approximate surface area is 568 Å². The Morgan fingerprint density at radius 2 is 1.28 bits per heavy atom. The summed E-state index contributed by atoms with van der Waals surface area (Å²) in [5.41, 5.74) is -2.81. The number of allylic oxidation sites excluding steroid dienone is 1. The predicted molar refractivity (Wildman–Crippen MR) is 352 cm³/mol. The number of benzene rings is 1. The number of halogens is 4. The van der Waals surface area contributed by atoms with Gasteiger partial charge in [0.15, 0.2) is 0 Å².